The Hall–Kier alpha value is -1.11. The van der Waals surface area contributed by atoms with Crippen LogP contribution >= 0.6 is 11.8 Å². The Morgan fingerprint density at radius 3 is 2.55 bits per heavy atom. The van der Waals surface area contributed by atoms with E-state index in [0.29, 0.717) is 5.92 Å². The molecule has 0 aliphatic carbocycles. The quantitative estimate of drug-likeness (QED) is 0.524. The molecule has 0 aliphatic heterocycles. The van der Waals surface area contributed by atoms with Crippen LogP contribution < -0.4 is 17.7 Å². The molecule has 0 aliphatic rings. The highest BCUT2D eigenvalue weighted by Crippen LogP contribution is 2.15. The number of halogens is 1. The summed E-state index contributed by atoms with van der Waals surface area (Å²) in [6.07, 6.45) is 1.10. The Morgan fingerprint density at radius 2 is 1.95 bits per heavy atom. The molecule has 0 unspecified atom stereocenters. The van der Waals surface area contributed by atoms with Gasteiger partial charge in [-0.1, -0.05) is 49.9 Å². The second-order valence-electron chi connectivity index (χ2n) is 5.36. The van der Waals surface area contributed by atoms with Gasteiger partial charge in [-0.25, -0.2) is 4.68 Å². The first-order valence-corrected chi connectivity index (χ1v) is 8.30. The van der Waals surface area contributed by atoms with E-state index in [1.807, 2.05) is 7.05 Å². The molecular weight excluding hydrogens is 318 g/mol. The van der Waals surface area contributed by atoms with Crippen molar-refractivity contribution in [2.45, 2.75) is 37.9 Å². The van der Waals surface area contributed by atoms with Crippen molar-refractivity contribution >= 4 is 11.8 Å². The van der Waals surface area contributed by atoms with Crippen LogP contribution in [0.25, 0.3) is 0 Å². The molecule has 0 saturated carbocycles. The van der Waals surface area contributed by atoms with E-state index in [1.165, 1.54) is 11.1 Å². The molecule has 0 fully saturated rings. The van der Waals surface area contributed by atoms with Gasteiger partial charge in [0.25, 0.3) is 0 Å². The van der Waals surface area contributed by atoms with Gasteiger partial charge in [-0.3, -0.25) is 0 Å². The molecule has 1 aromatic heterocycles. The van der Waals surface area contributed by atoms with Crippen LogP contribution in [0.5, 0.6) is 0 Å². The van der Waals surface area contributed by atoms with E-state index in [0.717, 1.165) is 30.4 Å². The number of aromatic nitrogens is 4. The van der Waals surface area contributed by atoms with Crippen LogP contribution in [0.15, 0.2) is 29.4 Å². The minimum atomic E-state index is 0. The molecule has 122 valence electrons. The molecule has 22 heavy (non-hydrogen) atoms. The molecule has 0 radical (unpaired) electrons. The zero-order valence-electron chi connectivity index (χ0n) is 13.3. The fraction of sp³-hybridized carbons (Fsp3) is 0.533. The number of thioether (sulfide) groups is 1. The molecular formula is C15H23ClN5S-. The summed E-state index contributed by atoms with van der Waals surface area (Å²) in [5, 5.41) is 15.7. The van der Waals surface area contributed by atoms with Crippen LogP contribution in [0.1, 0.15) is 37.3 Å². The van der Waals surface area contributed by atoms with E-state index in [4.69, 9.17) is 0 Å². The zero-order valence-corrected chi connectivity index (χ0v) is 14.9. The summed E-state index contributed by atoms with van der Waals surface area (Å²) in [7, 11) is 1.86. The number of aryl methyl sites for hydroxylation is 1. The van der Waals surface area contributed by atoms with Crippen molar-refractivity contribution in [3.8, 4) is 0 Å². The van der Waals surface area contributed by atoms with Gasteiger partial charge in [-0.2, -0.15) is 0 Å². The molecule has 2 rings (SSSR count). The smallest absolute Gasteiger partial charge is 0.209 e. The Morgan fingerprint density at radius 1 is 1.23 bits per heavy atom. The lowest BCUT2D eigenvalue weighted by Gasteiger charge is -2.08. The SMILES string of the molecule is CC(C)c1ccc(CNCCCSc2nnnn2C)cc1.[Cl-]. The lowest BCUT2D eigenvalue weighted by molar-refractivity contribution is -0.00000472. The average molecular weight is 341 g/mol. The minimum Gasteiger partial charge on any atom is -1.00 e. The Labute approximate surface area is 142 Å². The lowest BCUT2D eigenvalue weighted by atomic mass is 10.0. The van der Waals surface area contributed by atoms with Gasteiger partial charge < -0.3 is 17.7 Å². The highest BCUT2D eigenvalue weighted by Gasteiger charge is 2.02. The molecule has 5 nitrogen and oxygen atoms in total. The van der Waals surface area contributed by atoms with Crippen LogP contribution in [-0.2, 0) is 13.6 Å². The van der Waals surface area contributed by atoms with Gasteiger partial charge in [0.2, 0.25) is 5.16 Å². The van der Waals surface area contributed by atoms with Gasteiger partial charge in [0.1, 0.15) is 0 Å². The summed E-state index contributed by atoms with van der Waals surface area (Å²) in [6.45, 7) is 6.37. The van der Waals surface area contributed by atoms with Crippen molar-refractivity contribution in [1.29, 1.82) is 0 Å². The Kier molecular flexibility index (Phi) is 8.45. The van der Waals surface area contributed by atoms with Gasteiger partial charge in [-0.15, -0.1) is 5.10 Å². The summed E-state index contributed by atoms with van der Waals surface area (Å²) in [6, 6.07) is 8.86. The number of hydrogen-bond acceptors (Lipinski definition) is 5. The van der Waals surface area contributed by atoms with E-state index in [1.54, 1.807) is 16.4 Å². The topological polar surface area (TPSA) is 55.6 Å². The molecule has 0 atom stereocenters. The maximum atomic E-state index is 3.95. The standard InChI is InChI=1S/C15H23N5S.ClH/c1-12(2)14-7-5-13(6-8-14)11-16-9-4-10-21-15-17-18-19-20(15)3;/h5-8,12,16H,4,9-11H2,1-3H3;1H/p-1. The van der Waals surface area contributed by atoms with Crippen molar-refractivity contribution in [3.63, 3.8) is 0 Å². The Bertz CT molecular complexity index is 541. The van der Waals surface area contributed by atoms with Crippen molar-refractivity contribution in [2.24, 2.45) is 7.05 Å². The first-order valence-electron chi connectivity index (χ1n) is 7.31. The largest absolute Gasteiger partial charge is 1.00 e. The van der Waals surface area contributed by atoms with Gasteiger partial charge in [-0.05, 0) is 40.4 Å². The van der Waals surface area contributed by atoms with Crippen LogP contribution in [0.3, 0.4) is 0 Å². The van der Waals surface area contributed by atoms with Crippen LogP contribution in [0, 0.1) is 0 Å². The average Bonchev–Trinajstić information content (AvgIpc) is 2.88. The van der Waals surface area contributed by atoms with E-state index >= 15 is 0 Å². The molecule has 0 saturated heterocycles. The molecule has 1 N–H and O–H groups in total. The third-order valence-electron chi connectivity index (χ3n) is 3.29. The molecule has 0 amide bonds. The summed E-state index contributed by atoms with van der Waals surface area (Å²) < 4.78 is 1.70. The number of nitrogens with one attached hydrogen (secondary N) is 1. The zero-order chi connectivity index (χ0) is 15.1. The molecule has 0 spiro atoms. The number of rotatable bonds is 8. The van der Waals surface area contributed by atoms with E-state index in [9.17, 15) is 0 Å². The summed E-state index contributed by atoms with van der Waals surface area (Å²) in [5.74, 6) is 1.62. The molecule has 1 aromatic carbocycles. The predicted octanol–water partition coefficient (Wildman–Crippen LogP) is -0.390. The van der Waals surface area contributed by atoms with E-state index in [2.05, 4.69) is 59.0 Å². The van der Waals surface area contributed by atoms with Crippen molar-refractivity contribution in [2.75, 3.05) is 12.3 Å². The number of hydrogen-bond donors (Lipinski definition) is 1. The Balaban J connectivity index is 0.00000242. The van der Waals surface area contributed by atoms with Crippen LogP contribution in [0.4, 0.5) is 0 Å². The van der Waals surface area contributed by atoms with Gasteiger partial charge in [0, 0.05) is 19.3 Å². The summed E-state index contributed by atoms with van der Waals surface area (Å²) in [5.41, 5.74) is 2.73. The number of nitrogens with zero attached hydrogens (tertiary/aromatic N) is 4. The van der Waals surface area contributed by atoms with Crippen molar-refractivity contribution in [3.05, 3.63) is 35.4 Å². The van der Waals surface area contributed by atoms with Gasteiger partial charge in [0.05, 0.1) is 0 Å². The molecule has 2 aromatic rings. The van der Waals surface area contributed by atoms with Crippen LogP contribution in [-0.4, -0.2) is 32.5 Å². The maximum Gasteiger partial charge on any atom is 0.209 e. The monoisotopic (exact) mass is 340 g/mol. The number of benzene rings is 1. The number of tetrazole rings is 1. The molecule has 0 bridgehead atoms. The van der Waals surface area contributed by atoms with Crippen molar-refractivity contribution in [1.82, 2.24) is 25.5 Å². The third-order valence-corrected chi connectivity index (χ3v) is 4.38. The van der Waals surface area contributed by atoms with E-state index < -0.39 is 0 Å². The first-order chi connectivity index (χ1) is 10.2. The van der Waals surface area contributed by atoms with Crippen molar-refractivity contribution < 1.29 is 12.4 Å². The summed E-state index contributed by atoms with van der Waals surface area (Å²) >= 11 is 1.69. The second kappa shape index (κ2) is 9.82. The minimum absolute atomic E-state index is 0. The highest BCUT2D eigenvalue weighted by atomic mass is 35.5. The van der Waals surface area contributed by atoms with Gasteiger partial charge >= 0.3 is 0 Å². The summed E-state index contributed by atoms with van der Waals surface area (Å²) in [4.78, 5) is 0. The fourth-order valence-corrected chi connectivity index (χ4v) is 2.75. The fourth-order valence-electron chi connectivity index (χ4n) is 1.96. The third kappa shape index (κ3) is 5.94. The maximum absolute atomic E-state index is 3.95. The van der Waals surface area contributed by atoms with Gasteiger partial charge in [0.15, 0.2) is 0 Å². The lowest BCUT2D eigenvalue weighted by Crippen LogP contribution is -3.00. The highest BCUT2D eigenvalue weighted by molar-refractivity contribution is 7.99. The molecule has 1 heterocycles. The predicted molar refractivity (Wildman–Crippen MR) is 86.4 cm³/mol. The normalized spacial score (nSPS) is 10.7. The first kappa shape index (κ1) is 18.9. The van der Waals surface area contributed by atoms with E-state index in [-0.39, 0.29) is 12.4 Å². The molecule has 7 heteroatoms. The second-order valence-corrected chi connectivity index (χ2v) is 6.42. The van der Waals surface area contributed by atoms with Crippen LogP contribution in [0.2, 0.25) is 0 Å².